The first-order valence-electron chi connectivity index (χ1n) is 10.2. The van der Waals surface area contributed by atoms with E-state index in [-0.39, 0.29) is 0 Å². The van der Waals surface area contributed by atoms with Crippen molar-refractivity contribution >= 4 is 40.7 Å². The zero-order valence-corrected chi connectivity index (χ0v) is 18.3. The van der Waals surface area contributed by atoms with E-state index >= 15 is 0 Å². The molecule has 3 aliphatic rings. The quantitative estimate of drug-likeness (QED) is 0.684. The van der Waals surface area contributed by atoms with Crippen LogP contribution in [0.2, 0.25) is 10.0 Å². The summed E-state index contributed by atoms with van der Waals surface area (Å²) < 4.78 is 0. The number of likely N-dealkylation sites (N-methyl/N-ethyl adjacent to an activating group) is 1. The molecule has 2 aliphatic heterocycles. The van der Waals surface area contributed by atoms with Crippen molar-refractivity contribution in [3.63, 3.8) is 0 Å². The number of benzene rings is 1. The SMILES string of the molecule is CN1CCc2cc(Cl)c(Nc3ncc(Cl)c(N4CCC5=C4CC=CC=C5)n3)cc2C1. The predicted molar refractivity (Wildman–Crippen MR) is 124 cm³/mol. The van der Waals surface area contributed by atoms with Crippen LogP contribution in [-0.2, 0) is 13.0 Å². The summed E-state index contributed by atoms with van der Waals surface area (Å²) in [4.78, 5) is 13.7. The Bertz CT molecular complexity index is 1090. The van der Waals surface area contributed by atoms with E-state index in [9.17, 15) is 0 Å². The molecule has 5 rings (SSSR count). The lowest BCUT2D eigenvalue weighted by molar-refractivity contribution is 0.313. The largest absolute Gasteiger partial charge is 0.328 e. The van der Waals surface area contributed by atoms with E-state index in [4.69, 9.17) is 28.2 Å². The van der Waals surface area contributed by atoms with Crippen molar-refractivity contribution in [1.82, 2.24) is 14.9 Å². The van der Waals surface area contributed by atoms with Crippen molar-refractivity contribution in [1.29, 1.82) is 0 Å². The second-order valence-corrected chi connectivity index (χ2v) is 8.76. The van der Waals surface area contributed by atoms with Gasteiger partial charge in [-0.3, -0.25) is 0 Å². The Morgan fingerprint density at radius 2 is 1.93 bits per heavy atom. The van der Waals surface area contributed by atoms with Gasteiger partial charge in [0.2, 0.25) is 5.95 Å². The summed E-state index contributed by atoms with van der Waals surface area (Å²) in [5.74, 6) is 1.23. The lowest BCUT2D eigenvalue weighted by Gasteiger charge is -2.26. The minimum absolute atomic E-state index is 0.495. The van der Waals surface area contributed by atoms with Crippen molar-refractivity contribution in [3.05, 3.63) is 75.1 Å². The van der Waals surface area contributed by atoms with Crippen LogP contribution < -0.4 is 10.2 Å². The van der Waals surface area contributed by atoms with Crippen LogP contribution in [0.15, 0.2) is 53.9 Å². The molecular weight excluding hydrogens is 417 g/mol. The van der Waals surface area contributed by atoms with E-state index in [0.717, 1.165) is 50.4 Å². The van der Waals surface area contributed by atoms with Crippen molar-refractivity contribution in [2.24, 2.45) is 0 Å². The van der Waals surface area contributed by atoms with Gasteiger partial charge in [0.05, 0.1) is 16.9 Å². The van der Waals surface area contributed by atoms with E-state index in [2.05, 4.69) is 63.6 Å². The van der Waals surface area contributed by atoms with Gasteiger partial charge in [-0.15, -0.1) is 0 Å². The van der Waals surface area contributed by atoms with Crippen molar-refractivity contribution in [3.8, 4) is 0 Å². The average Bonchev–Trinajstić information content (AvgIpc) is 2.98. The molecule has 1 N–H and O–H groups in total. The van der Waals surface area contributed by atoms with Crippen LogP contribution in [-0.4, -0.2) is 35.0 Å². The van der Waals surface area contributed by atoms with E-state index < -0.39 is 0 Å². The molecule has 5 nitrogen and oxygen atoms in total. The summed E-state index contributed by atoms with van der Waals surface area (Å²) in [6.45, 7) is 2.84. The highest BCUT2D eigenvalue weighted by molar-refractivity contribution is 6.33. The van der Waals surface area contributed by atoms with E-state index in [1.165, 1.54) is 22.4 Å². The number of aromatic nitrogens is 2. The van der Waals surface area contributed by atoms with Gasteiger partial charge < -0.3 is 15.1 Å². The van der Waals surface area contributed by atoms with Gasteiger partial charge in [0.25, 0.3) is 0 Å². The lowest BCUT2D eigenvalue weighted by Crippen LogP contribution is -2.26. The van der Waals surface area contributed by atoms with Crippen LogP contribution in [0, 0.1) is 0 Å². The number of rotatable bonds is 3. The summed E-state index contributed by atoms with van der Waals surface area (Å²) in [7, 11) is 2.14. The molecule has 1 aromatic heterocycles. The van der Waals surface area contributed by atoms with Gasteiger partial charge in [0.1, 0.15) is 5.02 Å². The standard InChI is InChI=1S/C23H23Cl2N5/c1-29-9-7-16-11-18(24)20(12-17(16)14-29)27-23-26-13-19(25)22(28-23)30-10-8-15-5-3-2-4-6-21(15)30/h2-5,11-13H,6-10,14H2,1H3,(H,26,27,28). The zero-order chi connectivity index (χ0) is 20.7. The molecule has 7 heteroatoms. The van der Waals surface area contributed by atoms with Crippen LogP contribution >= 0.6 is 23.2 Å². The molecule has 30 heavy (non-hydrogen) atoms. The molecule has 0 radical (unpaired) electrons. The van der Waals surface area contributed by atoms with Crippen LogP contribution in [0.1, 0.15) is 24.0 Å². The van der Waals surface area contributed by atoms with Gasteiger partial charge in [-0.1, -0.05) is 47.5 Å². The second kappa shape index (κ2) is 8.06. The summed E-state index contributed by atoms with van der Waals surface area (Å²) in [5.41, 5.74) is 6.01. The molecule has 0 bridgehead atoms. The summed E-state index contributed by atoms with van der Waals surface area (Å²) in [6, 6.07) is 4.17. The van der Waals surface area contributed by atoms with Crippen molar-refractivity contribution in [2.75, 3.05) is 30.4 Å². The fraction of sp³-hybridized carbons (Fsp3) is 0.304. The summed E-state index contributed by atoms with van der Waals surface area (Å²) in [6.07, 6.45) is 13.1. The minimum atomic E-state index is 0.495. The number of hydrogen-bond acceptors (Lipinski definition) is 5. The molecule has 154 valence electrons. The van der Waals surface area contributed by atoms with Crippen molar-refractivity contribution in [2.45, 2.75) is 25.8 Å². The maximum atomic E-state index is 6.56. The first-order chi connectivity index (χ1) is 14.6. The van der Waals surface area contributed by atoms with Gasteiger partial charge >= 0.3 is 0 Å². The molecule has 1 aliphatic carbocycles. The number of halogens is 2. The Morgan fingerprint density at radius 1 is 1.03 bits per heavy atom. The molecule has 0 atom stereocenters. The third kappa shape index (κ3) is 3.73. The maximum Gasteiger partial charge on any atom is 0.229 e. The molecule has 0 saturated carbocycles. The van der Waals surface area contributed by atoms with Crippen LogP contribution in [0.4, 0.5) is 17.5 Å². The first-order valence-corrected chi connectivity index (χ1v) is 11.0. The van der Waals surface area contributed by atoms with Gasteiger partial charge in [-0.25, -0.2) is 4.98 Å². The lowest BCUT2D eigenvalue weighted by atomic mass is 9.99. The Balaban J connectivity index is 1.45. The fourth-order valence-electron chi connectivity index (χ4n) is 4.31. The number of nitrogens with one attached hydrogen (secondary N) is 1. The Morgan fingerprint density at radius 3 is 2.83 bits per heavy atom. The monoisotopic (exact) mass is 439 g/mol. The third-order valence-electron chi connectivity index (χ3n) is 5.88. The molecule has 2 aromatic rings. The molecule has 0 saturated heterocycles. The number of allylic oxidation sites excluding steroid dienone is 4. The first kappa shape index (κ1) is 19.6. The molecule has 0 fully saturated rings. The Kier molecular flexibility index (Phi) is 5.27. The molecule has 3 heterocycles. The Labute approximate surface area is 186 Å². The van der Waals surface area contributed by atoms with E-state index in [1.54, 1.807) is 6.20 Å². The maximum absolute atomic E-state index is 6.56. The molecule has 1 aromatic carbocycles. The van der Waals surface area contributed by atoms with Gasteiger partial charge in [-0.05, 0) is 48.7 Å². The average molecular weight is 440 g/mol. The van der Waals surface area contributed by atoms with Crippen molar-refractivity contribution < 1.29 is 0 Å². The van der Waals surface area contributed by atoms with Crippen LogP contribution in [0.5, 0.6) is 0 Å². The smallest absolute Gasteiger partial charge is 0.229 e. The van der Waals surface area contributed by atoms with Crippen LogP contribution in [0.25, 0.3) is 0 Å². The normalized spacial score (nSPS) is 18.4. The number of nitrogens with zero attached hydrogens (tertiary/aromatic N) is 4. The number of anilines is 3. The molecule has 0 amide bonds. The zero-order valence-electron chi connectivity index (χ0n) is 16.8. The van der Waals surface area contributed by atoms with E-state index in [0.29, 0.717) is 16.0 Å². The van der Waals surface area contributed by atoms with E-state index in [1.807, 2.05) is 0 Å². The highest BCUT2D eigenvalue weighted by Crippen LogP contribution is 2.37. The van der Waals surface area contributed by atoms with Gasteiger partial charge in [-0.2, -0.15) is 4.98 Å². The second-order valence-electron chi connectivity index (χ2n) is 7.94. The highest BCUT2D eigenvalue weighted by atomic mass is 35.5. The Hall–Kier alpha value is -2.34. The molecule has 0 spiro atoms. The predicted octanol–water partition coefficient (Wildman–Crippen LogP) is 5.50. The topological polar surface area (TPSA) is 44.3 Å². The third-order valence-corrected chi connectivity index (χ3v) is 6.46. The fourth-order valence-corrected chi connectivity index (χ4v) is 4.74. The number of hydrogen-bond donors (Lipinski definition) is 1. The van der Waals surface area contributed by atoms with Gasteiger partial charge in [0.15, 0.2) is 5.82 Å². The highest BCUT2D eigenvalue weighted by Gasteiger charge is 2.25. The summed E-state index contributed by atoms with van der Waals surface area (Å²) in [5, 5.41) is 4.54. The summed E-state index contributed by atoms with van der Waals surface area (Å²) >= 11 is 13.1. The molecular formula is C23H23Cl2N5. The number of fused-ring (bicyclic) bond motifs is 1. The van der Waals surface area contributed by atoms with Gasteiger partial charge in [0, 0.05) is 31.8 Å². The van der Waals surface area contributed by atoms with Crippen LogP contribution in [0.3, 0.4) is 0 Å². The minimum Gasteiger partial charge on any atom is -0.328 e. The molecule has 0 unspecified atom stereocenters.